The molecule has 15 heavy (non-hydrogen) atoms. The summed E-state index contributed by atoms with van der Waals surface area (Å²) in [7, 11) is -3.47. The highest BCUT2D eigenvalue weighted by molar-refractivity contribution is 9.11. The number of hydrogen-bond donors (Lipinski definition) is 1. The average Bonchev–Trinajstić information content (AvgIpc) is 2.15. The van der Waals surface area contributed by atoms with Crippen LogP contribution >= 0.6 is 15.9 Å². The Hall–Kier alpha value is -0.460. The molecule has 0 saturated carbocycles. The van der Waals surface area contributed by atoms with Crippen LogP contribution in [0.25, 0.3) is 0 Å². The summed E-state index contributed by atoms with van der Waals surface area (Å²) in [5, 5.41) is 9.64. The molecule has 0 radical (unpaired) electrons. The monoisotopic (exact) mass is 296 g/mol. The van der Waals surface area contributed by atoms with Crippen LogP contribution in [0.4, 0.5) is 4.39 Å². The standard InChI is InChI=1S/C9H10BrFO3S/c1-15(13,14)9(10)8(12)6-4-2-3-5-7(6)11/h2-5,8-9,12H,1H3. The van der Waals surface area contributed by atoms with Gasteiger partial charge >= 0.3 is 0 Å². The molecule has 0 fully saturated rings. The van der Waals surface area contributed by atoms with Gasteiger partial charge in [-0.3, -0.25) is 0 Å². The normalized spacial score (nSPS) is 16.0. The summed E-state index contributed by atoms with van der Waals surface area (Å²) in [6, 6.07) is 5.51. The Balaban J connectivity index is 3.06. The predicted octanol–water partition coefficient (Wildman–Crippen LogP) is 1.62. The lowest BCUT2D eigenvalue weighted by atomic mass is 10.1. The molecule has 0 aliphatic heterocycles. The van der Waals surface area contributed by atoms with Crippen LogP contribution < -0.4 is 0 Å². The van der Waals surface area contributed by atoms with Crippen molar-refractivity contribution in [1.82, 2.24) is 0 Å². The maximum atomic E-state index is 13.2. The van der Waals surface area contributed by atoms with Gasteiger partial charge in [-0.2, -0.15) is 0 Å². The van der Waals surface area contributed by atoms with Gasteiger partial charge in [0.25, 0.3) is 0 Å². The SMILES string of the molecule is CS(=O)(=O)C(Br)C(O)c1ccccc1F. The van der Waals surface area contributed by atoms with E-state index in [9.17, 15) is 17.9 Å². The summed E-state index contributed by atoms with van der Waals surface area (Å²) in [6.45, 7) is 0. The van der Waals surface area contributed by atoms with Crippen molar-refractivity contribution in [3.8, 4) is 0 Å². The van der Waals surface area contributed by atoms with E-state index in [1.54, 1.807) is 0 Å². The molecule has 0 aliphatic carbocycles. The van der Waals surface area contributed by atoms with Gasteiger partial charge in [0, 0.05) is 11.8 Å². The fourth-order valence-corrected chi connectivity index (χ4v) is 1.99. The number of rotatable bonds is 3. The van der Waals surface area contributed by atoms with Crippen molar-refractivity contribution in [2.24, 2.45) is 0 Å². The van der Waals surface area contributed by atoms with E-state index in [1.807, 2.05) is 0 Å². The van der Waals surface area contributed by atoms with Crippen molar-refractivity contribution < 1.29 is 17.9 Å². The Morgan fingerprint density at radius 2 is 1.93 bits per heavy atom. The maximum Gasteiger partial charge on any atom is 0.163 e. The number of sulfone groups is 1. The zero-order chi connectivity index (χ0) is 11.6. The van der Waals surface area contributed by atoms with Gasteiger partial charge in [-0.05, 0) is 6.07 Å². The first-order valence-corrected chi connectivity index (χ1v) is 6.96. The number of aliphatic hydroxyl groups is 1. The fraction of sp³-hybridized carbons (Fsp3) is 0.333. The van der Waals surface area contributed by atoms with E-state index in [-0.39, 0.29) is 5.56 Å². The molecule has 0 amide bonds. The Morgan fingerprint density at radius 3 is 2.40 bits per heavy atom. The van der Waals surface area contributed by atoms with Gasteiger partial charge in [-0.1, -0.05) is 34.1 Å². The largest absolute Gasteiger partial charge is 0.386 e. The van der Waals surface area contributed by atoms with E-state index < -0.39 is 25.9 Å². The molecule has 0 spiro atoms. The topological polar surface area (TPSA) is 54.4 Å². The van der Waals surface area contributed by atoms with E-state index in [0.29, 0.717) is 0 Å². The zero-order valence-corrected chi connectivity index (χ0v) is 10.3. The molecule has 1 aromatic rings. The van der Waals surface area contributed by atoms with E-state index in [4.69, 9.17) is 0 Å². The van der Waals surface area contributed by atoms with Crippen molar-refractivity contribution in [2.45, 2.75) is 10.3 Å². The lowest BCUT2D eigenvalue weighted by molar-refractivity contribution is 0.190. The first kappa shape index (κ1) is 12.6. The van der Waals surface area contributed by atoms with Crippen molar-refractivity contribution in [2.75, 3.05) is 6.26 Å². The lowest BCUT2D eigenvalue weighted by Gasteiger charge is -2.16. The molecule has 0 aliphatic rings. The molecule has 6 heteroatoms. The van der Waals surface area contributed by atoms with Crippen molar-refractivity contribution in [1.29, 1.82) is 0 Å². The predicted molar refractivity (Wildman–Crippen MR) is 58.9 cm³/mol. The third kappa shape index (κ3) is 2.99. The van der Waals surface area contributed by atoms with Crippen molar-refractivity contribution >= 4 is 25.8 Å². The lowest BCUT2D eigenvalue weighted by Crippen LogP contribution is -2.22. The minimum absolute atomic E-state index is 0.0372. The summed E-state index contributed by atoms with van der Waals surface area (Å²) in [4.78, 5) is 0. The summed E-state index contributed by atoms with van der Waals surface area (Å²) in [5.74, 6) is -0.627. The Morgan fingerprint density at radius 1 is 1.40 bits per heavy atom. The van der Waals surface area contributed by atoms with Crippen LogP contribution in [0, 0.1) is 5.82 Å². The van der Waals surface area contributed by atoms with Crippen molar-refractivity contribution in [3.63, 3.8) is 0 Å². The van der Waals surface area contributed by atoms with Crippen LogP contribution in [-0.2, 0) is 9.84 Å². The van der Waals surface area contributed by atoms with Crippen LogP contribution in [0.5, 0.6) is 0 Å². The summed E-state index contributed by atoms with van der Waals surface area (Å²) in [5.41, 5.74) is -0.0372. The molecule has 0 aromatic heterocycles. The third-order valence-electron chi connectivity index (χ3n) is 1.88. The van der Waals surface area contributed by atoms with Crippen LogP contribution in [0.1, 0.15) is 11.7 Å². The van der Waals surface area contributed by atoms with Crippen LogP contribution in [0.2, 0.25) is 0 Å². The first-order valence-electron chi connectivity index (χ1n) is 4.09. The quantitative estimate of drug-likeness (QED) is 0.863. The Labute approximate surface area is 96.0 Å². The van der Waals surface area contributed by atoms with Gasteiger partial charge in [0.05, 0.1) is 0 Å². The van der Waals surface area contributed by atoms with Gasteiger partial charge in [-0.15, -0.1) is 0 Å². The number of hydrogen-bond acceptors (Lipinski definition) is 3. The van der Waals surface area contributed by atoms with Gasteiger partial charge in [0.2, 0.25) is 0 Å². The highest BCUT2D eigenvalue weighted by atomic mass is 79.9. The molecule has 1 aromatic carbocycles. The van der Waals surface area contributed by atoms with Crippen LogP contribution in [0.3, 0.4) is 0 Å². The highest BCUT2D eigenvalue weighted by Gasteiger charge is 2.28. The molecule has 0 saturated heterocycles. The molecular weight excluding hydrogens is 287 g/mol. The first-order chi connectivity index (χ1) is 6.84. The van der Waals surface area contributed by atoms with Gasteiger partial charge in [-0.25, -0.2) is 12.8 Å². The smallest absolute Gasteiger partial charge is 0.163 e. The molecule has 3 nitrogen and oxygen atoms in total. The maximum absolute atomic E-state index is 13.2. The Kier molecular flexibility index (Phi) is 3.86. The molecule has 0 bridgehead atoms. The zero-order valence-electron chi connectivity index (χ0n) is 7.89. The second kappa shape index (κ2) is 4.59. The number of benzene rings is 1. The highest BCUT2D eigenvalue weighted by Crippen LogP contribution is 2.27. The van der Waals surface area contributed by atoms with Gasteiger partial charge < -0.3 is 5.11 Å². The van der Waals surface area contributed by atoms with E-state index in [0.717, 1.165) is 6.26 Å². The summed E-state index contributed by atoms with van der Waals surface area (Å²) in [6.07, 6.45) is -0.447. The summed E-state index contributed by atoms with van der Waals surface area (Å²) < 4.78 is 34.3. The van der Waals surface area contributed by atoms with Crippen LogP contribution in [0.15, 0.2) is 24.3 Å². The number of aliphatic hydroxyl groups excluding tert-OH is 1. The second-order valence-corrected chi connectivity index (χ2v) is 6.91. The Bertz CT molecular complexity index is 446. The third-order valence-corrected chi connectivity index (χ3v) is 5.49. The molecule has 1 rings (SSSR count). The molecule has 2 unspecified atom stereocenters. The minimum atomic E-state index is -3.47. The number of alkyl halides is 1. The van der Waals surface area contributed by atoms with E-state index in [1.165, 1.54) is 24.3 Å². The van der Waals surface area contributed by atoms with E-state index in [2.05, 4.69) is 15.9 Å². The molecular formula is C9H10BrFO3S. The average molecular weight is 297 g/mol. The second-order valence-electron chi connectivity index (χ2n) is 3.15. The van der Waals surface area contributed by atoms with E-state index >= 15 is 0 Å². The summed E-state index contributed by atoms with van der Waals surface area (Å²) >= 11 is 2.83. The molecule has 84 valence electrons. The number of halogens is 2. The van der Waals surface area contributed by atoms with Gasteiger partial charge in [0.15, 0.2) is 9.84 Å². The van der Waals surface area contributed by atoms with Gasteiger partial charge in [0.1, 0.15) is 16.1 Å². The molecule has 2 atom stereocenters. The molecule has 0 heterocycles. The van der Waals surface area contributed by atoms with Crippen LogP contribution in [-0.4, -0.2) is 23.9 Å². The minimum Gasteiger partial charge on any atom is -0.386 e. The van der Waals surface area contributed by atoms with Crippen molar-refractivity contribution in [3.05, 3.63) is 35.6 Å². The fourth-order valence-electron chi connectivity index (χ4n) is 1.09. The molecule has 1 N–H and O–H groups in total.